The van der Waals surface area contributed by atoms with Crippen LogP contribution in [-0.2, 0) is 13.1 Å². The highest BCUT2D eigenvalue weighted by Gasteiger charge is 1.98. The zero-order valence-corrected chi connectivity index (χ0v) is 8.60. The van der Waals surface area contributed by atoms with Crippen LogP contribution in [-0.4, -0.2) is 9.97 Å². The van der Waals surface area contributed by atoms with Crippen molar-refractivity contribution in [3.63, 3.8) is 0 Å². The van der Waals surface area contributed by atoms with Crippen molar-refractivity contribution in [2.75, 3.05) is 0 Å². The zero-order valence-electron chi connectivity index (χ0n) is 8.60. The highest BCUT2D eigenvalue weighted by molar-refractivity contribution is 5.21. The Hall–Kier alpha value is -1.68. The molecule has 0 radical (unpaired) electrons. The van der Waals surface area contributed by atoms with Crippen LogP contribution in [0.15, 0.2) is 35.5 Å². The fraction of sp³-hybridized carbons (Fsp3) is 0.273. The molecule has 2 rings (SSSR count). The number of hydrogen-bond acceptors (Lipinski definition) is 4. The molecule has 15 heavy (non-hydrogen) atoms. The van der Waals surface area contributed by atoms with E-state index in [0.717, 1.165) is 12.3 Å². The van der Waals surface area contributed by atoms with Gasteiger partial charge in [0, 0.05) is 18.9 Å². The third kappa shape index (κ3) is 2.63. The Kier molecular flexibility index (Phi) is 3.09. The van der Waals surface area contributed by atoms with Gasteiger partial charge in [-0.15, -0.1) is 0 Å². The second kappa shape index (κ2) is 4.70. The molecule has 0 aromatic carbocycles. The minimum atomic E-state index is 0.696. The largest absolute Gasteiger partial charge is 0.447 e. The number of aryl methyl sites for hydroxylation is 1. The lowest BCUT2D eigenvalue weighted by Gasteiger charge is -2.05. The quantitative estimate of drug-likeness (QED) is 0.821. The van der Waals surface area contributed by atoms with E-state index in [2.05, 4.69) is 22.2 Å². The summed E-state index contributed by atoms with van der Waals surface area (Å²) in [4.78, 5) is 7.90. The monoisotopic (exact) mass is 203 g/mol. The Bertz CT molecular complexity index is 412. The van der Waals surface area contributed by atoms with Gasteiger partial charge in [-0.3, -0.25) is 4.98 Å². The fourth-order valence-electron chi connectivity index (χ4n) is 1.35. The molecular formula is C11H13N3O. The topological polar surface area (TPSA) is 51.0 Å². The van der Waals surface area contributed by atoms with E-state index >= 15 is 0 Å². The minimum Gasteiger partial charge on any atom is -0.447 e. The first-order chi connectivity index (χ1) is 7.36. The van der Waals surface area contributed by atoms with Gasteiger partial charge in [-0.05, 0) is 24.1 Å². The number of hydrogen-bond donors (Lipinski definition) is 1. The first kappa shape index (κ1) is 9.86. The molecule has 0 aliphatic heterocycles. The Morgan fingerprint density at radius 3 is 2.93 bits per heavy atom. The fourth-order valence-corrected chi connectivity index (χ4v) is 1.35. The molecule has 0 aliphatic rings. The summed E-state index contributed by atoms with van der Waals surface area (Å²) in [6.07, 6.45) is 6.82. The molecule has 0 amide bonds. The van der Waals surface area contributed by atoms with Gasteiger partial charge >= 0.3 is 0 Å². The van der Waals surface area contributed by atoms with Crippen molar-refractivity contribution in [2.45, 2.75) is 20.0 Å². The van der Waals surface area contributed by atoms with Crippen LogP contribution in [0.1, 0.15) is 16.9 Å². The summed E-state index contributed by atoms with van der Waals surface area (Å²) in [7, 11) is 0. The molecule has 0 spiro atoms. The number of aromatic nitrogens is 2. The summed E-state index contributed by atoms with van der Waals surface area (Å²) in [5, 5.41) is 3.28. The number of pyridine rings is 1. The maximum absolute atomic E-state index is 5.12. The molecule has 2 aromatic heterocycles. The third-order valence-corrected chi connectivity index (χ3v) is 2.23. The van der Waals surface area contributed by atoms with Crippen molar-refractivity contribution in [1.82, 2.24) is 15.3 Å². The molecule has 2 heterocycles. The highest BCUT2D eigenvalue weighted by atomic mass is 16.3. The third-order valence-electron chi connectivity index (χ3n) is 2.23. The Morgan fingerprint density at radius 2 is 2.20 bits per heavy atom. The van der Waals surface area contributed by atoms with Crippen LogP contribution in [0.3, 0.4) is 0 Å². The van der Waals surface area contributed by atoms with Crippen LogP contribution < -0.4 is 5.32 Å². The lowest BCUT2D eigenvalue weighted by atomic mass is 10.1. The van der Waals surface area contributed by atoms with Crippen molar-refractivity contribution >= 4 is 0 Å². The molecule has 0 aliphatic carbocycles. The predicted octanol–water partition coefficient (Wildman–Crippen LogP) is 1.67. The molecular weight excluding hydrogens is 190 g/mol. The van der Waals surface area contributed by atoms with E-state index < -0.39 is 0 Å². The summed E-state index contributed by atoms with van der Waals surface area (Å²) in [5.74, 6) is 0.849. The van der Waals surface area contributed by atoms with Gasteiger partial charge in [-0.2, -0.15) is 0 Å². The number of oxazole rings is 1. The first-order valence-corrected chi connectivity index (χ1v) is 4.84. The standard InChI is InChI=1S/C11H13N3O/c1-9-4-12-3-2-10(9)5-13-6-11-7-14-8-15-11/h2-4,7-8,13H,5-6H2,1H3. The van der Waals surface area contributed by atoms with E-state index in [4.69, 9.17) is 4.42 Å². The molecule has 1 N–H and O–H groups in total. The first-order valence-electron chi connectivity index (χ1n) is 4.84. The van der Waals surface area contributed by atoms with E-state index in [0.29, 0.717) is 6.54 Å². The van der Waals surface area contributed by atoms with Crippen LogP contribution in [0.5, 0.6) is 0 Å². The van der Waals surface area contributed by atoms with Gasteiger partial charge in [0.05, 0.1) is 12.7 Å². The van der Waals surface area contributed by atoms with Crippen molar-refractivity contribution in [1.29, 1.82) is 0 Å². The van der Waals surface area contributed by atoms with Crippen molar-refractivity contribution in [3.8, 4) is 0 Å². The maximum atomic E-state index is 5.12. The van der Waals surface area contributed by atoms with Crippen LogP contribution in [0.2, 0.25) is 0 Å². The lowest BCUT2D eigenvalue weighted by molar-refractivity contribution is 0.478. The van der Waals surface area contributed by atoms with Gasteiger partial charge in [0.1, 0.15) is 5.76 Å². The van der Waals surface area contributed by atoms with Gasteiger partial charge in [0.2, 0.25) is 0 Å². The van der Waals surface area contributed by atoms with E-state index in [-0.39, 0.29) is 0 Å². The second-order valence-electron chi connectivity index (χ2n) is 3.37. The molecule has 0 atom stereocenters. The van der Waals surface area contributed by atoms with E-state index in [1.165, 1.54) is 17.5 Å². The molecule has 4 nitrogen and oxygen atoms in total. The predicted molar refractivity (Wildman–Crippen MR) is 56.0 cm³/mol. The van der Waals surface area contributed by atoms with Crippen LogP contribution in [0, 0.1) is 6.92 Å². The average Bonchev–Trinajstić information content (AvgIpc) is 2.74. The molecule has 4 heteroatoms. The van der Waals surface area contributed by atoms with Gasteiger partial charge in [-0.25, -0.2) is 4.98 Å². The van der Waals surface area contributed by atoms with Gasteiger partial charge in [-0.1, -0.05) is 0 Å². The van der Waals surface area contributed by atoms with Crippen LogP contribution >= 0.6 is 0 Å². The normalized spacial score (nSPS) is 10.5. The Balaban J connectivity index is 1.86. The maximum Gasteiger partial charge on any atom is 0.180 e. The molecule has 0 fully saturated rings. The van der Waals surface area contributed by atoms with E-state index in [9.17, 15) is 0 Å². The number of nitrogens with zero attached hydrogens (tertiary/aromatic N) is 2. The molecule has 78 valence electrons. The van der Waals surface area contributed by atoms with E-state index in [1.807, 2.05) is 12.3 Å². The highest BCUT2D eigenvalue weighted by Crippen LogP contribution is 2.04. The molecule has 0 saturated carbocycles. The summed E-state index contributed by atoms with van der Waals surface area (Å²) in [6.45, 7) is 3.56. The summed E-state index contributed by atoms with van der Waals surface area (Å²) < 4.78 is 5.12. The molecule has 0 unspecified atom stereocenters. The molecule has 2 aromatic rings. The Morgan fingerprint density at radius 1 is 1.27 bits per heavy atom. The number of rotatable bonds is 4. The van der Waals surface area contributed by atoms with Gasteiger partial charge < -0.3 is 9.73 Å². The Labute approximate surface area is 88.4 Å². The second-order valence-corrected chi connectivity index (χ2v) is 3.37. The number of nitrogens with one attached hydrogen (secondary N) is 1. The van der Waals surface area contributed by atoms with Crippen LogP contribution in [0.25, 0.3) is 0 Å². The van der Waals surface area contributed by atoms with Gasteiger partial charge in [0.25, 0.3) is 0 Å². The van der Waals surface area contributed by atoms with Gasteiger partial charge in [0.15, 0.2) is 6.39 Å². The lowest BCUT2D eigenvalue weighted by Crippen LogP contribution is -2.13. The van der Waals surface area contributed by atoms with Crippen molar-refractivity contribution < 1.29 is 4.42 Å². The summed E-state index contributed by atoms with van der Waals surface area (Å²) in [6, 6.07) is 2.02. The molecule has 0 bridgehead atoms. The van der Waals surface area contributed by atoms with E-state index in [1.54, 1.807) is 12.4 Å². The zero-order chi connectivity index (χ0) is 10.5. The van der Waals surface area contributed by atoms with Crippen molar-refractivity contribution in [2.24, 2.45) is 0 Å². The SMILES string of the molecule is Cc1cnccc1CNCc1cnco1. The summed E-state index contributed by atoms with van der Waals surface area (Å²) in [5.41, 5.74) is 2.45. The smallest absolute Gasteiger partial charge is 0.180 e. The summed E-state index contributed by atoms with van der Waals surface area (Å²) >= 11 is 0. The van der Waals surface area contributed by atoms with Crippen LogP contribution in [0.4, 0.5) is 0 Å². The molecule has 0 saturated heterocycles. The minimum absolute atomic E-state index is 0.696. The average molecular weight is 203 g/mol. The van der Waals surface area contributed by atoms with Crippen molar-refractivity contribution in [3.05, 3.63) is 47.9 Å².